The van der Waals surface area contributed by atoms with Gasteiger partial charge in [-0.1, -0.05) is 73.5 Å². The Hall–Kier alpha value is -3.73. The summed E-state index contributed by atoms with van der Waals surface area (Å²) in [6.07, 6.45) is 3.66. The minimum absolute atomic E-state index is 0.243. The van der Waals surface area contributed by atoms with Crippen molar-refractivity contribution in [3.63, 3.8) is 0 Å². The quantitative estimate of drug-likeness (QED) is 0.174. The topological polar surface area (TPSA) is 74.8 Å². The van der Waals surface area contributed by atoms with Crippen LogP contribution in [0.25, 0.3) is 17.0 Å². The summed E-state index contributed by atoms with van der Waals surface area (Å²) < 4.78 is 17.5. The fourth-order valence-corrected chi connectivity index (χ4v) is 7.20. The van der Waals surface area contributed by atoms with Crippen molar-refractivity contribution >= 4 is 66.1 Å². The van der Waals surface area contributed by atoms with E-state index in [-0.39, 0.29) is 11.7 Å². The molecule has 10 heteroatoms. The molecule has 3 aromatic carbocycles. The standard InChI is InChI=1S/C34H29Br2N3O4S/c1-19(2)43-33(41)30-20(3)37-34-39(31(30)26-16-24(36)13-14-28(26)42-4)32(40)29(44-34)15-22-18-38(27-8-6-5-7-25(22)27)17-21-9-11-23(35)12-10-21/h5-16,18-19,31H,17H2,1-4H3/b29-15-/t31-/m0/s1. The summed E-state index contributed by atoms with van der Waals surface area (Å²) in [6.45, 7) is 6.06. The molecular formula is C34H29Br2N3O4S. The second kappa shape index (κ2) is 12.3. The third-order valence-corrected chi connectivity index (χ3v) is 9.45. The van der Waals surface area contributed by atoms with Crippen molar-refractivity contribution < 1.29 is 14.3 Å². The molecule has 0 radical (unpaired) electrons. The average molecular weight is 735 g/mol. The summed E-state index contributed by atoms with van der Waals surface area (Å²) in [5.41, 5.74) is 4.38. The molecule has 0 N–H and O–H groups in total. The summed E-state index contributed by atoms with van der Waals surface area (Å²) in [7, 11) is 1.57. The van der Waals surface area contributed by atoms with Gasteiger partial charge in [-0.05, 0) is 68.8 Å². The van der Waals surface area contributed by atoms with Gasteiger partial charge in [0.1, 0.15) is 11.8 Å². The van der Waals surface area contributed by atoms with Crippen molar-refractivity contribution in [3.05, 3.63) is 130 Å². The molecule has 44 heavy (non-hydrogen) atoms. The number of fused-ring (bicyclic) bond motifs is 2. The van der Waals surface area contributed by atoms with Crippen molar-refractivity contribution in [2.75, 3.05) is 7.11 Å². The number of carbonyl (C=O) groups is 1. The van der Waals surface area contributed by atoms with E-state index in [0.29, 0.717) is 38.5 Å². The summed E-state index contributed by atoms with van der Waals surface area (Å²) >= 11 is 8.37. The van der Waals surface area contributed by atoms with Crippen LogP contribution >= 0.6 is 43.2 Å². The number of rotatable bonds is 7. The van der Waals surface area contributed by atoms with E-state index in [2.05, 4.69) is 66.9 Å². The zero-order valence-electron chi connectivity index (χ0n) is 24.5. The zero-order chi connectivity index (χ0) is 31.1. The number of methoxy groups -OCH3 is 1. The number of hydrogen-bond acceptors (Lipinski definition) is 6. The fraction of sp³-hybridized carbons (Fsp3) is 0.206. The van der Waals surface area contributed by atoms with Gasteiger partial charge in [-0.25, -0.2) is 9.79 Å². The molecule has 0 aliphatic carbocycles. The molecule has 1 aliphatic rings. The van der Waals surface area contributed by atoms with Crippen LogP contribution in [0.1, 0.15) is 43.5 Å². The SMILES string of the molecule is COc1ccc(Br)cc1[C@H]1C(C(=O)OC(C)C)=C(C)N=c2s/c(=C\c3cn(Cc4ccc(Br)cc4)c4ccccc34)c(=O)n21. The Labute approximate surface area is 275 Å². The van der Waals surface area contributed by atoms with E-state index in [9.17, 15) is 9.59 Å². The monoisotopic (exact) mass is 733 g/mol. The molecule has 224 valence electrons. The summed E-state index contributed by atoms with van der Waals surface area (Å²) in [4.78, 5) is 33.0. The van der Waals surface area contributed by atoms with Crippen molar-refractivity contribution in [1.29, 1.82) is 0 Å². The van der Waals surface area contributed by atoms with E-state index in [0.717, 1.165) is 25.4 Å². The number of para-hydroxylation sites is 1. The number of benzene rings is 3. The van der Waals surface area contributed by atoms with E-state index >= 15 is 0 Å². The van der Waals surface area contributed by atoms with Gasteiger partial charge in [0.2, 0.25) is 0 Å². The molecule has 6 rings (SSSR count). The van der Waals surface area contributed by atoms with E-state index in [4.69, 9.17) is 14.5 Å². The zero-order valence-corrected chi connectivity index (χ0v) is 28.5. The number of esters is 1. The third kappa shape index (κ3) is 5.74. The first-order valence-electron chi connectivity index (χ1n) is 14.0. The van der Waals surface area contributed by atoms with Gasteiger partial charge < -0.3 is 14.0 Å². The van der Waals surface area contributed by atoms with E-state index in [1.807, 2.05) is 48.5 Å². The van der Waals surface area contributed by atoms with Gasteiger partial charge in [0.25, 0.3) is 5.56 Å². The fourth-order valence-electron chi connectivity index (χ4n) is 5.52. The maximum Gasteiger partial charge on any atom is 0.338 e. The first kappa shape index (κ1) is 30.3. The number of hydrogen-bond donors (Lipinski definition) is 0. The van der Waals surface area contributed by atoms with Crippen molar-refractivity contribution in [1.82, 2.24) is 9.13 Å². The third-order valence-electron chi connectivity index (χ3n) is 7.44. The Morgan fingerprint density at radius 1 is 1.07 bits per heavy atom. The highest BCUT2D eigenvalue weighted by Crippen LogP contribution is 2.37. The highest BCUT2D eigenvalue weighted by Gasteiger charge is 2.35. The number of carbonyl (C=O) groups excluding carboxylic acids is 1. The molecule has 5 aromatic rings. The molecule has 3 heterocycles. The lowest BCUT2D eigenvalue weighted by Crippen LogP contribution is -2.40. The lowest BCUT2D eigenvalue weighted by molar-refractivity contribution is -0.143. The number of allylic oxidation sites excluding steroid dienone is 1. The second-order valence-electron chi connectivity index (χ2n) is 10.8. The lowest BCUT2D eigenvalue weighted by atomic mass is 9.95. The predicted octanol–water partition coefficient (Wildman–Crippen LogP) is 6.72. The Morgan fingerprint density at radius 2 is 1.80 bits per heavy atom. The molecule has 1 aliphatic heterocycles. The van der Waals surface area contributed by atoms with Crippen LogP contribution in [0.15, 0.2) is 103 Å². The number of aromatic nitrogens is 2. The molecule has 0 spiro atoms. The Bertz CT molecular complexity index is 2120. The van der Waals surface area contributed by atoms with E-state index in [1.165, 1.54) is 16.9 Å². The highest BCUT2D eigenvalue weighted by molar-refractivity contribution is 9.10. The van der Waals surface area contributed by atoms with E-state index in [1.54, 1.807) is 32.4 Å². The molecule has 0 bridgehead atoms. The Kier molecular flexibility index (Phi) is 8.50. The lowest BCUT2D eigenvalue weighted by Gasteiger charge is -2.26. The maximum absolute atomic E-state index is 14.3. The molecule has 2 aromatic heterocycles. The summed E-state index contributed by atoms with van der Waals surface area (Å²) in [6, 6.07) is 21.2. The molecule has 0 fully saturated rings. The largest absolute Gasteiger partial charge is 0.496 e. The van der Waals surface area contributed by atoms with Gasteiger partial charge in [-0.3, -0.25) is 9.36 Å². The molecule has 0 unspecified atom stereocenters. The molecule has 0 saturated carbocycles. The number of ether oxygens (including phenoxy) is 2. The van der Waals surface area contributed by atoms with Crippen LogP contribution in [0.2, 0.25) is 0 Å². The highest BCUT2D eigenvalue weighted by atomic mass is 79.9. The smallest absolute Gasteiger partial charge is 0.338 e. The van der Waals surface area contributed by atoms with Gasteiger partial charge in [0.15, 0.2) is 4.80 Å². The van der Waals surface area contributed by atoms with Gasteiger partial charge >= 0.3 is 5.97 Å². The normalized spacial score (nSPS) is 15.1. The van der Waals surface area contributed by atoms with Crippen molar-refractivity contribution in [2.24, 2.45) is 4.99 Å². The van der Waals surface area contributed by atoms with Crippen molar-refractivity contribution in [3.8, 4) is 5.75 Å². The van der Waals surface area contributed by atoms with Crippen LogP contribution in [0.3, 0.4) is 0 Å². The van der Waals surface area contributed by atoms with Crippen LogP contribution < -0.4 is 19.6 Å². The summed E-state index contributed by atoms with van der Waals surface area (Å²) in [5.74, 6) is 0.0342. The molecular weight excluding hydrogens is 706 g/mol. The van der Waals surface area contributed by atoms with Crippen LogP contribution in [0.5, 0.6) is 5.75 Å². The first-order valence-corrected chi connectivity index (χ1v) is 16.4. The van der Waals surface area contributed by atoms with Crippen LogP contribution in [-0.2, 0) is 16.1 Å². The van der Waals surface area contributed by atoms with Gasteiger partial charge in [0, 0.05) is 43.7 Å². The number of thiazole rings is 1. The minimum atomic E-state index is -0.786. The van der Waals surface area contributed by atoms with Gasteiger partial charge in [0.05, 0.1) is 29.0 Å². The number of nitrogens with zero attached hydrogens (tertiary/aromatic N) is 3. The molecule has 7 nitrogen and oxygen atoms in total. The van der Waals surface area contributed by atoms with Crippen LogP contribution in [-0.4, -0.2) is 28.3 Å². The van der Waals surface area contributed by atoms with E-state index < -0.39 is 12.0 Å². The molecule has 0 amide bonds. The van der Waals surface area contributed by atoms with Crippen LogP contribution in [0, 0.1) is 0 Å². The summed E-state index contributed by atoms with van der Waals surface area (Å²) in [5, 5.41) is 1.04. The van der Waals surface area contributed by atoms with Gasteiger partial charge in [-0.2, -0.15) is 0 Å². The minimum Gasteiger partial charge on any atom is -0.496 e. The first-order chi connectivity index (χ1) is 21.1. The Morgan fingerprint density at radius 3 is 2.52 bits per heavy atom. The predicted molar refractivity (Wildman–Crippen MR) is 181 cm³/mol. The Balaban J connectivity index is 1.54. The molecule has 1 atom stereocenters. The van der Waals surface area contributed by atoms with Crippen molar-refractivity contribution in [2.45, 2.75) is 39.5 Å². The van der Waals surface area contributed by atoms with Gasteiger partial charge in [-0.15, -0.1) is 0 Å². The molecule has 0 saturated heterocycles. The second-order valence-corrected chi connectivity index (χ2v) is 13.6. The average Bonchev–Trinajstić information content (AvgIpc) is 3.49. The van der Waals surface area contributed by atoms with Crippen LogP contribution in [0.4, 0.5) is 0 Å². The number of halogens is 2. The maximum atomic E-state index is 14.3.